The molecule has 0 amide bonds. The molecule has 2 N–H and O–H groups in total. The smallest absolute Gasteiger partial charge is 0.161 e. The number of rotatable bonds is 2. The Bertz CT molecular complexity index is 450. The Balaban J connectivity index is 1.98. The zero-order valence-corrected chi connectivity index (χ0v) is 10.5. The lowest BCUT2D eigenvalue weighted by Gasteiger charge is -2.33. The molecule has 0 unspecified atom stereocenters. The molecule has 1 fully saturated rings. The third-order valence-corrected chi connectivity index (χ3v) is 4.30. The van der Waals surface area contributed by atoms with Crippen LogP contribution in [-0.4, -0.2) is 18.8 Å². The summed E-state index contributed by atoms with van der Waals surface area (Å²) in [6.07, 6.45) is 2.21. The van der Waals surface area contributed by atoms with Crippen LogP contribution < -0.4 is 15.2 Å². The minimum atomic E-state index is -0.0449. The van der Waals surface area contributed by atoms with Crippen LogP contribution in [0.15, 0.2) is 18.2 Å². The molecule has 1 aliphatic heterocycles. The van der Waals surface area contributed by atoms with Gasteiger partial charge in [-0.15, -0.1) is 0 Å². The van der Waals surface area contributed by atoms with Crippen molar-refractivity contribution in [1.29, 1.82) is 0 Å². The number of benzene rings is 1. The maximum atomic E-state index is 6.36. The van der Waals surface area contributed by atoms with E-state index < -0.39 is 0 Å². The average molecular weight is 233 g/mol. The molecule has 0 bridgehead atoms. The molecule has 3 heteroatoms. The van der Waals surface area contributed by atoms with Gasteiger partial charge in [-0.05, 0) is 30.5 Å². The maximum absolute atomic E-state index is 6.36. The normalized spacial score (nSPS) is 21.1. The van der Waals surface area contributed by atoms with E-state index in [1.165, 1.54) is 5.56 Å². The molecule has 0 spiro atoms. The fraction of sp³-hybridized carbons (Fsp3) is 0.571. The molecule has 1 heterocycles. The molecule has 1 aromatic carbocycles. The quantitative estimate of drug-likeness (QED) is 0.852. The van der Waals surface area contributed by atoms with E-state index in [1.54, 1.807) is 0 Å². The van der Waals surface area contributed by atoms with Crippen molar-refractivity contribution in [3.8, 4) is 11.5 Å². The fourth-order valence-corrected chi connectivity index (χ4v) is 2.48. The molecule has 92 valence electrons. The van der Waals surface area contributed by atoms with Gasteiger partial charge in [0.05, 0.1) is 0 Å². The average Bonchev–Trinajstić information content (AvgIpc) is 3.08. The fourth-order valence-electron chi connectivity index (χ4n) is 2.48. The summed E-state index contributed by atoms with van der Waals surface area (Å²) in [5.74, 6) is 1.70. The van der Waals surface area contributed by atoms with Gasteiger partial charge in [0.25, 0.3) is 0 Å². The Labute approximate surface area is 102 Å². The first-order chi connectivity index (χ1) is 8.03. The summed E-state index contributed by atoms with van der Waals surface area (Å²) in [7, 11) is 0. The number of hydrogen-bond donors (Lipinski definition) is 1. The SMILES string of the molecule is CC(C)(c1ccc2c(c1)OCCO2)C1(N)CC1. The molecule has 1 aromatic rings. The van der Waals surface area contributed by atoms with E-state index in [1.807, 2.05) is 6.07 Å². The lowest BCUT2D eigenvalue weighted by atomic mass is 9.76. The van der Waals surface area contributed by atoms with Crippen molar-refractivity contribution >= 4 is 0 Å². The zero-order valence-electron chi connectivity index (χ0n) is 10.5. The second kappa shape index (κ2) is 3.39. The summed E-state index contributed by atoms with van der Waals surface area (Å²) >= 11 is 0. The van der Waals surface area contributed by atoms with Crippen LogP contribution in [0.5, 0.6) is 11.5 Å². The van der Waals surface area contributed by atoms with Gasteiger partial charge in [-0.1, -0.05) is 19.9 Å². The molecule has 17 heavy (non-hydrogen) atoms. The maximum Gasteiger partial charge on any atom is 0.161 e. The van der Waals surface area contributed by atoms with Crippen LogP contribution in [0.1, 0.15) is 32.3 Å². The molecular weight excluding hydrogens is 214 g/mol. The van der Waals surface area contributed by atoms with Crippen LogP contribution in [0.4, 0.5) is 0 Å². The van der Waals surface area contributed by atoms with Crippen molar-refractivity contribution in [1.82, 2.24) is 0 Å². The largest absolute Gasteiger partial charge is 0.486 e. The molecule has 2 aliphatic rings. The molecule has 3 rings (SSSR count). The molecule has 0 saturated heterocycles. The topological polar surface area (TPSA) is 44.5 Å². The van der Waals surface area contributed by atoms with Crippen LogP contribution >= 0.6 is 0 Å². The van der Waals surface area contributed by atoms with E-state index in [0.717, 1.165) is 24.3 Å². The minimum absolute atomic E-state index is 0.0111. The van der Waals surface area contributed by atoms with E-state index in [9.17, 15) is 0 Å². The highest BCUT2D eigenvalue weighted by atomic mass is 16.6. The Kier molecular flexibility index (Phi) is 2.17. The monoisotopic (exact) mass is 233 g/mol. The van der Waals surface area contributed by atoms with E-state index in [-0.39, 0.29) is 11.0 Å². The summed E-state index contributed by atoms with van der Waals surface area (Å²) in [5.41, 5.74) is 7.54. The number of ether oxygens (including phenoxy) is 2. The molecule has 3 nitrogen and oxygen atoms in total. The Hall–Kier alpha value is -1.22. The highest BCUT2D eigenvalue weighted by molar-refractivity contribution is 5.47. The van der Waals surface area contributed by atoms with Crippen LogP contribution in [0.3, 0.4) is 0 Å². The number of nitrogens with two attached hydrogens (primary N) is 1. The van der Waals surface area contributed by atoms with Crippen LogP contribution in [-0.2, 0) is 5.41 Å². The summed E-state index contributed by atoms with van der Waals surface area (Å²) in [6.45, 7) is 5.69. The summed E-state index contributed by atoms with van der Waals surface area (Å²) in [4.78, 5) is 0. The number of hydrogen-bond acceptors (Lipinski definition) is 3. The first-order valence-electron chi connectivity index (χ1n) is 6.22. The van der Waals surface area contributed by atoms with Gasteiger partial charge >= 0.3 is 0 Å². The van der Waals surface area contributed by atoms with E-state index in [0.29, 0.717) is 13.2 Å². The molecule has 0 radical (unpaired) electrons. The van der Waals surface area contributed by atoms with Gasteiger partial charge in [0.15, 0.2) is 11.5 Å². The molecule has 0 aromatic heterocycles. The second-order valence-corrected chi connectivity index (χ2v) is 5.64. The van der Waals surface area contributed by atoms with Crippen molar-refractivity contribution in [3.05, 3.63) is 23.8 Å². The van der Waals surface area contributed by atoms with Crippen molar-refractivity contribution in [2.75, 3.05) is 13.2 Å². The van der Waals surface area contributed by atoms with Gasteiger partial charge < -0.3 is 15.2 Å². The minimum Gasteiger partial charge on any atom is -0.486 e. The summed E-state index contributed by atoms with van der Waals surface area (Å²) < 4.78 is 11.2. The van der Waals surface area contributed by atoms with E-state index >= 15 is 0 Å². The summed E-state index contributed by atoms with van der Waals surface area (Å²) in [6, 6.07) is 6.19. The molecule has 0 atom stereocenters. The highest BCUT2D eigenvalue weighted by Gasteiger charge is 2.52. The molecular formula is C14H19NO2. The Morgan fingerprint density at radius 1 is 1.12 bits per heavy atom. The van der Waals surface area contributed by atoms with Crippen LogP contribution in [0.25, 0.3) is 0 Å². The van der Waals surface area contributed by atoms with Crippen molar-refractivity contribution in [2.45, 2.75) is 37.6 Å². The first kappa shape index (κ1) is 10.9. The zero-order chi connectivity index (χ0) is 12.1. The third kappa shape index (κ3) is 1.61. The predicted octanol–water partition coefficient (Wildman–Crippen LogP) is 2.23. The second-order valence-electron chi connectivity index (χ2n) is 5.64. The van der Waals surface area contributed by atoms with Gasteiger partial charge in [0, 0.05) is 11.0 Å². The Morgan fingerprint density at radius 3 is 2.41 bits per heavy atom. The lowest BCUT2D eigenvalue weighted by Crippen LogP contribution is -2.43. The van der Waals surface area contributed by atoms with Gasteiger partial charge in [0.1, 0.15) is 13.2 Å². The Morgan fingerprint density at radius 2 is 1.76 bits per heavy atom. The third-order valence-electron chi connectivity index (χ3n) is 4.30. The predicted molar refractivity (Wildman–Crippen MR) is 66.6 cm³/mol. The van der Waals surface area contributed by atoms with Gasteiger partial charge in [0.2, 0.25) is 0 Å². The summed E-state index contributed by atoms with van der Waals surface area (Å²) in [5, 5.41) is 0. The van der Waals surface area contributed by atoms with Crippen molar-refractivity contribution in [2.24, 2.45) is 5.73 Å². The van der Waals surface area contributed by atoms with Gasteiger partial charge in [-0.25, -0.2) is 0 Å². The lowest BCUT2D eigenvalue weighted by molar-refractivity contribution is 0.171. The van der Waals surface area contributed by atoms with Crippen LogP contribution in [0, 0.1) is 0 Å². The van der Waals surface area contributed by atoms with Gasteiger partial charge in [-0.3, -0.25) is 0 Å². The highest BCUT2D eigenvalue weighted by Crippen LogP contribution is 2.50. The number of fused-ring (bicyclic) bond motifs is 1. The van der Waals surface area contributed by atoms with Crippen molar-refractivity contribution in [3.63, 3.8) is 0 Å². The van der Waals surface area contributed by atoms with Gasteiger partial charge in [-0.2, -0.15) is 0 Å². The molecule has 1 saturated carbocycles. The first-order valence-corrected chi connectivity index (χ1v) is 6.22. The van der Waals surface area contributed by atoms with E-state index in [2.05, 4.69) is 26.0 Å². The van der Waals surface area contributed by atoms with Crippen LogP contribution in [0.2, 0.25) is 0 Å². The van der Waals surface area contributed by atoms with Crippen molar-refractivity contribution < 1.29 is 9.47 Å². The van der Waals surface area contributed by atoms with E-state index in [4.69, 9.17) is 15.2 Å². The standard InChI is InChI=1S/C14H19NO2/c1-13(2,14(15)5-6-14)10-3-4-11-12(9-10)17-8-7-16-11/h3-4,9H,5-8,15H2,1-2H3. The molecule has 1 aliphatic carbocycles.